The second kappa shape index (κ2) is 5.66. The number of Topliss-reactive ketones (excluding diaryl/α,β-unsaturated/α-hetero) is 1. The zero-order valence-electron chi connectivity index (χ0n) is 11.7. The van der Waals surface area contributed by atoms with E-state index in [1.54, 1.807) is 11.3 Å². The van der Waals surface area contributed by atoms with Gasteiger partial charge in [-0.2, -0.15) is 0 Å². The third kappa shape index (κ3) is 2.79. The second-order valence-electron chi connectivity index (χ2n) is 5.98. The lowest BCUT2D eigenvalue weighted by molar-refractivity contribution is -0.121. The van der Waals surface area contributed by atoms with E-state index in [9.17, 15) is 4.79 Å². The Labute approximate surface area is 123 Å². The Kier molecular flexibility index (Phi) is 3.89. The van der Waals surface area contributed by atoms with Crippen molar-refractivity contribution in [3.05, 3.63) is 23.5 Å². The van der Waals surface area contributed by atoms with E-state index in [1.165, 1.54) is 19.3 Å². The summed E-state index contributed by atoms with van der Waals surface area (Å²) >= 11 is 1.60. The Bertz CT molecular complexity index is 567. The van der Waals surface area contributed by atoms with E-state index in [0.29, 0.717) is 19.4 Å². The monoisotopic (exact) mass is 291 g/mol. The fourth-order valence-electron chi connectivity index (χ4n) is 3.30. The lowest BCUT2D eigenvalue weighted by Gasteiger charge is -2.35. The quantitative estimate of drug-likeness (QED) is 0.921. The van der Waals surface area contributed by atoms with Gasteiger partial charge in [-0.25, -0.2) is 4.98 Å². The molecule has 2 aromatic heterocycles. The molecule has 1 aliphatic carbocycles. The number of ketones is 1. The standard InChI is InChI=1S/C15H21N3OS/c16-11-15(4-2-1-3-5-15)9-13(19)8-12-10-18-6-7-20-14(18)17-12/h6-7,10H,1-5,8-9,11,16H2. The Morgan fingerprint density at radius 3 is 2.90 bits per heavy atom. The predicted octanol–water partition coefficient (Wildman–Crippen LogP) is 2.81. The number of carbonyl (C=O) groups is 1. The molecule has 3 rings (SSSR count). The minimum atomic E-state index is 0.0620. The zero-order valence-corrected chi connectivity index (χ0v) is 12.5. The zero-order chi connectivity index (χ0) is 14.0. The highest BCUT2D eigenvalue weighted by atomic mass is 32.1. The summed E-state index contributed by atoms with van der Waals surface area (Å²) in [6, 6.07) is 0. The minimum Gasteiger partial charge on any atom is -0.330 e. The van der Waals surface area contributed by atoms with Crippen LogP contribution in [0.2, 0.25) is 0 Å². The highest BCUT2D eigenvalue weighted by Crippen LogP contribution is 2.38. The predicted molar refractivity (Wildman–Crippen MR) is 81.0 cm³/mol. The van der Waals surface area contributed by atoms with Gasteiger partial charge in [0.25, 0.3) is 0 Å². The molecule has 0 amide bonds. The maximum Gasteiger partial charge on any atom is 0.193 e. The van der Waals surface area contributed by atoms with Crippen LogP contribution in [0.15, 0.2) is 17.8 Å². The number of carbonyl (C=O) groups excluding carboxylic acids is 1. The molecule has 2 aromatic rings. The molecule has 20 heavy (non-hydrogen) atoms. The molecule has 0 aliphatic heterocycles. The summed E-state index contributed by atoms with van der Waals surface area (Å²) in [5.74, 6) is 0.281. The van der Waals surface area contributed by atoms with E-state index in [0.717, 1.165) is 23.5 Å². The van der Waals surface area contributed by atoms with Gasteiger partial charge in [-0.05, 0) is 24.8 Å². The van der Waals surface area contributed by atoms with Gasteiger partial charge in [-0.3, -0.25) is 9.20 Å². The van der Waals surface area contributed by atoms with Crippen molar-refractivity contribution in [2.45, 2.75) is 44.9 Å². The fourth-order valence-corrected chi connectivity index (χ4v) is 4.02. The number of fused-ring (bicyclic) bond motifs is 1. The van der Waals surface area contributed by atoms with Crippen LogP contribution in [0.5, 0.6) is 0 Å². The van der Waals surface area contributed by atoms with E-state index in [1.807, 2.05) is 22.2 Å². The van der Waals surface area contributed by atoms with Crippen LogP contribution in [0, 0.1) is 5.41 Å². The van der Waals surface area contributed by atoms with Crippen LogP contribution >= 0.6 is 11.3 Å². The summed E-state index contributed by atoms with van der Waals surface area (Å²) in [7, 11) is 0. The molecule has 0 aromatic carbocycles. The molecule has 0 saturated heterocycles. The van der Waals surface area contributed by atoms with Gasteiger partial charge < -0.3 is 5.73 Å². The molecule has 0 atom stereocenters. The largest absolute Gasteiger partial charge is 0.330 e. The van der Waals surface area contributed by atoms with E-state index in [-0.39, 0.29) is 11.2 Å². The Morgan fingerprint density at radius 1 is 1.40 bits per heavy atom. The van der Waals surface area contributed by atoms with E-state index in [4.69, 9.17) is 5.73 Å². The lowest BCUT2D eigenvalue weighted by atomic mass is 9.70. The molecule has 5 heteroatoms. The second-order valence-corrected chi connectivity index (χ2v) is 6.86. The molecule has 2 N–H and O–H groups in total. The molecule has 0 radical (unpaired) electrons. The minimum absolute atomic E-state index is 0.0620. The molecule has 1 aliphatic rings. The average Bonchev–Trinajstić information content (AvgIpc) is 3.00. The third-order valence-electron chi connectivity index (χ3n) is 4.44. The van der Waals surface area contributed by atoms with Crippen LogP contribution in [-0.4, -0.2) is 21.7 Å². The van der Waals surface area contributed by atoms with Crippen molar-refractivity contribution in [3.63, 3.8) is 0 Å². The number of hydrogen-bond acceptors (Lipinski definition) is 4. The number of hydrogen-bond donors (Lipinski definition) is 1. The number of rotatable bonds is 5. The van der Waals surface area contributed by atoms with Gasteiger partial charge in [-0.15, -0.1) is 11.3 Å². The summed E-state index contributed by atoms with van der Waals surface area (Å²) < 4.78 is 1.98. The van der Waals surface area contributed by atoms with Gasteiger partial charge in [0.05, 0.1) is 12.1 Å². The van der Waals surface area contributed by atoms with Gasteiger partial charge in [0.2, 0.25) is 0 Å². The van der Waals surface area contributed by atoms with Crippen molar-refractivity contribution in [1.82, 2.24) is 9.38 Å². The Balaban J connectivity index is 1.65. The molecular formula is C15H21N3OS. The van der Waals surface area contributed by atoms with Crippen LogP contribution in [0.1, 0.15) is 44.2 Å². The van der Waals surface area contributed by atoms with Crippen LogP contribution in [0.3, 0.4) is 0 Å². The van der Waals surface area contributed by atoms with Crippen LogP contribution in [0.4, 0.5) is 0 Å². The Hall–Kier alpha value is -1.20. The van der Waals surface area contributed by atoms with Crippen molar-refractivity contribution >= 4 is 22.1 Å². The first kappa shape index (κ1) is 13.8. The molecule has 0 bridgehead atoms. The lowest BCUT2D eigenvalue weighted by Crippen LogP contribution is -2.35. The van der Waals surface area contributed by atoms with Crippen molar-refractivity contribution in [3.8, 4) is 0 Å². The van der Waals surface area contributed by atoms with E-state index >= 15 is 0 Å². The molecule has 1 fully saturated rings. The Morgan fingerprint density at radius 2 is 2.20 bits per heavy atom. The average molecular weight is 291 g/mol. The smallest absolute Gasteiger partial charge is 0.193 e. The number of nitrogens with zero attached hydrogens (tertiary/aromatic N) is 2. The highest BCUT2D eigenvalue weighted by molar-refractivity contribution is 7.15. The van der Waals surface area contributed by atoms with Crippen molar-refractivity contribution in [2.24, 2.45) is 11.1 Å². The summed E-state index contributed by atoms with van der Waals surface area (Å²) in [6.45, 7) is 0.636. The summed E-state index contributed by atoms with van der Waals surface area (Å²) in [4.78, 5) is 17.8. The molecular weight excluding hydrogens is 270 g/mol. The van der Waals surface area contributed by atoms with Crippen molar-refractivity contribution in [2.75, 3.05) is 6.54 Å². The topological polar surface area (TPSA) is 60.4 Å². The highest BCUT2D eigenvalue weighted by Gasteiger charge is 2.32. The number of nitrogens with two attached hydrogens (primary N) is 1. The van der Waals surface area contributed by atoms with E-state index < -0.39 is 0 Å². The SMILES string of the molecule is NCC1(CC(=O)Cc2cn3ccsc3n2)CCCCC1. The van der Waals surface area contributed by atoms with Gasteiger partial charge in [0.15, 0.2) is 4.96 Å². The molecule has 4 nitrogen and oxygen atoms in total. The van der Waals surface area contributed by atoms with Crippen LogP contribution in [0.25, 0.3) is 4.96 Å². The van der Waals surface area contributed by atoms with Gasteiger partial charge in [0, 0.05) is 24.2 Å². The molecule has 0 spiro atoms. The van der Waals surface area contributed by atoms with Gasteiger partial charge in [-0.1, -0.05) is 19.3 Å². The first-order valence-electron chi connectivity index (χ1n) is 7.34. The summed E-state index contributed by atoms with van der Waals surface area (Å²) in [6.07, 6.45) is 10.9. The maximum absolute atomic E-state index is 12.3. The van der Waals surface area contributed by atoms with E-state index in [2.05, 4.69) is 4.98 Å². The summed E-state index contributed by atoms with van der Waals surface area (Å²) in [5.41, 5.74) is 6.90. The number of imidazole rings is 1. The molecule has 0 unspecified atom stereocenters. The first-order valence-corrected chi connectivity index (χ1v) is 8.22. The van der Waals surface area contributed by atoms with Gasteiger partial charge >= 0.3 is 0 Å². The van der Waals surface area contributed by atoms with Crippen molar-refractivity contribution in [1.29, 1.82) is 0 Å². The number of aromatic nitrogens is 2. The van der Waals surface area contributed by atoms with Crippen LogP contribution < -0.4 is 5.73 Å². The number of thiazole rings is 1. The van der Waals surface area contributed by atoms with Crippen molar-refractivity contribution < 1.29 is 4.79 Å². The fraction of sp³-hybridized carbons (Fsp3) is 0.600. The molecule has 2 heterocycles. The van der Waals surface area contributed by atoms with Gasteiger partial charge in [0.1, 0.15) is 5.78 Å². The maximum atomic E-state index is 12.3. The normalized spacial score (nSPS) is 18.4. The third-order valence-corrected chi connectivity index (χ3v) is 5.21. The molecule has 1 saturated carbocycles. The first-order chi connectivity index (χ1) is 9.71. The molecule has 108 valence electrons. The summed E-state index contributed by atoms with van der Waals surface area (Å²) in [5, 5.41) is 2.00. The van der Waals surface area contributed by atoms with Crippen LogP contribution in [-0.2, 0) is 11.2 Å².